The van der Waals surface area contributed by atoms with Crippen molar-refractivity contribution in [2.75, 3.05) is 5.32 Å². The molecule has 2 aromatic carbocycles. The molecule has 2 aliphatic heterocycles. The molecule has 2 heterocycles. The molecule has 154 valence electrons. The van der Waals surface area contributed by atoms with Crippen LogP contribution in [0.3, 0.4) is 0 Å². The third-order valence-corrected chi connectivity index (χ3v) is 5.44. The quantitative estimate of drug-likeness (QED) is 0.650. The number of hydrogen-bond acceptors (Lipinski definition) is 6. The molecule has 8 nitrogen and oxygen atoms in total. The zero-order valence-corrected chi connectivity index (χ0v) is 16.5. The number of nitrogens with zero attached hydrogens (tertiary/aromatic N) is 1. The van der Waals surface area contributed by atoms with Gasteiger partial charge < -0.3 is 11.1 Å². The van der Waals surface area contributed by atoms with Crippen molar-refractivity contribution < 1.29 is 19.2 Å². The lowest BCUT2D eigenvalue weighted by Crippen LogP contribution is -2.54. The first-order chi connectivity index (χ1) is 14.3. The number of carbonyl (C=O) groups excluding carboxylic acids is 4. The summed E-state index contributed by atoms with van der Waals surface area (Å²) in [6, 6.07) is 11.8. The van der Waals surface area contributed by atoms with E-state index in [9.17, 15) is 19.2 Å². The highest BCUT2D eigenvalue weighted by molar-refractivity contribution is 6.23. The third kappa shape index (κ3) is 3.57. The fraction of sp³-hybridized carbons (Fsp3) is 0.273. The monoisotopic (exact) mass is 406 g/mol. The van der Waals surface area contributed by atoms with Crippen molar-refractivity contribution in [3.8, 4) is 0 Å². The van der Waals surface area contributed by atoms with Gasteiger partial charge in [-0.3, -0.25) is 29.4 Å². The zero-order chi connectivity index (χ0) is 21.4. The Labute approximate surface area is 173 Å². The molecule has 1 unspecified atom stereocenters. The van der Waals surface area contributed by atoms with Gasteiger partial charge in [0.15, 0.2) is 0 Å². The Morgan fingerprint density at radius 3 is 2.43 bits per heavy atom. The maximum Gasteiger partial charge on any atom is 0.262 e. The number of amides is 4. The van der Waals surface area contributed by atoms with Crippen molar-refractivity contribution in [3.63, 3.8) is 0 Å². The Morgan fingerprint density at radius 2 is 1.77 bits per heavy atom. The average molecular weight is 406 g/mol. The summed E-state index contributed by atoms with van der Waals surface area (Å²) >= 11 is 0. The minimum atomic E-state index is -0.958. The summed E-state index contributed by atoms with van der Waals surface area (Å²) in [4.78, 5) is 50.1. The van der Waals surface area contributed by atoms with Crippen LogP contribution in [0.2, 0.25) is 0 Å². The van der Waals surface area contributed by atoms with Crippen LogP contribution < -0.4 is 16.4 Å². The highest BCUT2D eigenvalue weighted by atomic mass is 16.2. The third-order valence-electron chi connectivity index (χ3n) is 5.44. The number of fused-ring (bicyclic) bond motifs is 1. The highest BCUT2D eigenvalue weighted by Gasteiger charge is 2.44. The van der Waals surface area contributed by atoms with Gasteiger partial charge in [-0.05, 0) is 48.7 Å². The molecule has 2 aliphatic rings. The maximum absolute atomic E-state index is 12.9. The van der Waals surface area contributed by atoms with Gasteiger partial charge in [0.25, 0.3) is 11.8 Å². The van der Waals surface area contributed by atoms with Crippen molar-refractivity contribution in [2.45, 2.75) is 38.4 Å². The number of nitrogens with one attached hydrogen (secondary N) is 2. The molecule has 4 N–H and O–H groups in total. The van der Waals surface area contributed by atoms with E-state index in [-0.39, 0.29) is 30.0 Å². The van der Waals surface area contributed by atoms with Crippen molar-refractivity contribution in [3.05, 3.63) is 64.7 Å². The SMILES string of the molecule is C[C@H](N)c1ccc(NCc2ccc3c(c2)C(=O)N(C2CCC(=O)NC2=O)C3=O)cc1. The number of hydrogen-bond donors (Lipinski definition) is 3. The summed E-state index contributed by atoms with van der Waals surface area (Å²) in [5.74, 6) is -2.02. The van der Waals surface area contributed by atoms with Crippen LogP contribution in [0.15, 0.2) is 42.5 Å². The van der Waals surface area contributed by atoms with Crippen LogP contribution in [0.5, 0.6) is 0 Å². The van der Waals surface area contributed by atoms with Gasteiger partial charge >= 0.3 is 0 Å². The predicted molar refractivity (Wildman–Crippen MR) is 109 cm³/mol. The largest absolute Gasteiger partial charge is 0.381 e. The smallest absolute Gasteiger partial charge is 0.262 e. The maximum atomic E-state index is 12.9. The molecule has 30 heavy (non-hydrogen) atoms. The topological polar surface area (TPSA) is 122 Å². The van der Waals surface area contributed by atoms with Gasteiger partial charge in [-0.1, -0.05) is 18.2 Å². The molecule has 1 saturated heterocycles. The highest BCUT2D eigenvalue weighted by Crippen LogP contribution is 2.28. The number of anilines is 1. The lowest BCUT2D eigenvalue weighted by molar-refractivity contribution is -0.136. The number of imide groups is 2. The van der Waals surface area contributed by atoms with Gasteiger partial charge in [0, 0.05) is 24.7 Å². The second-order valence-corrected chi connectivity index (χ2v) is 7.59. The number of piperidine rings is 1. The van der Waals surface area contributed by atoms with Gasteiger partial charge in [0.1, 0.15) is 6.04 Å². The second-order valence-electron chi connectivity index (χ2n) is 7.59. The molecule has 0 aliphatic carbocycles. The summed E-state index contributed by atoms with van der Waals surface area (Å²) in [7, 11) is 0. The molecule has 1 fully saturated rings. The Balaban J connectivity index is 1.49. The lowest BCUT2D eigenvalue weighted by Gasteiger charge is -2.27. The Hall–Kier alpha value is -3.52. The number of carbonyl (C=O) groups is 4. The van der Waals surface area contributed by atoms with Crippen molar-refractivity contribution >= 4 is 29.3 Å². The second kappa shape index (κ2) is 7.72. The fourth-order valence-electron chi connectivity index (χ4n) is 3.74. The van der Waals surface area contributed by atoms with E-state index in [0.717, 1.165) is 21.7 Å². The molecule has 0 aromatic heterocycles. The molecule has 0 radical (unpaired) electrons. The van der Waals surface area contributed by atoms with Crippen molar-refractivity contribution in [1.82, 2.24) is 10.2 Å². The first-order valence-corrected chi connectivity index (χ1v) is 9.79. The van der Waals surface area contributed by atoms with E-state index in [1.807, 2.05) is 31.2 Å². The van der Waals surface area contributed by atoms with E-state index in [4.69, 9.17) is 5.73 Å². The summed E-state index contributed by atoms with van der Waals surface area (Å²) in [5, 5.41) is 5.47. The lowest BCUT2D eigenvalue weighted by atomic mass is 10.0. The van der Waals surface area contributed by atoms with Crippen LogP contribution in [0.25, 0.3) is 0 Å². The van der Waals surface area contributed by atoms with E-state index in [0.29, 0.717) is 6.54 Å². The van der Waals surface area contributed by atoms with Gasteiger partial charge in [-0.15, -0.1) is 0 Å². The minimum absolute atomic E-state index is 0.0355. The number of rotatable bonds is 5. The van der Waals surface area contributed by atoms with Crippen molar-refractivity contribution in [1.29, 1.82) is 0 Å². The standard InChI is InChI=1S/C22H22N4O4/c1-12(23)14-3-5-15(6-4-14)24-11-13-2-7-16-17(10-13)22(30)26(21(16)29)18-8-9-19(27)25-20(18)28/h2-7,10,12,18,24H,8-9,11,23H2,1H3,(H,25,27,28)/t12-,18?/m0/s1. The van der Waals surface area contributed by atoms with Crippen LogP contribution in [0.1, 0.15) is 57.7 Å². The van der Waals surface area contributed by atoms with Gasteiger partial charge in [-0.25, -0.2) is 0 Å². The zero-order valence-electron chi connectivity index (χ0n) is 16.5. The average Bonchev–Trinajstić information content (AvgIpc) is 2.97. The molecule has 0 bridgehead atoms. The van der Waals surface area contributed by atoms with E-state index in [2.05, 4.69) is 10.6 Å². The van der Waals surface area contributed by atoms with Crippen LogP contribution in [0.4, 0.5) is 5.69 Å². The van der Waals surface area contributed by atoms with Crippen LogP contribution in [0, 0.1) is 0 Å². The number of nitrogens with two attached hydrogens (primary N) is 1. The molecule has 2 aromatic rings. The molecule has 2 atom stereocenters. The van der Waals surface area contributed by atoms with Crippen LogP contribution in [-0.4, -0.2) is 34.6 Å². The molecule has 4 amide bonds. The summed E-state index contributed by atoms with van der Waals surface area (Å²) < 4.78 is 0. The first-order valence-electron chi connectivity index (χ1n) is 9.79. The Morgan fingerprint density at radius 1 is 1.07 bits per heavy atom. The predicted octanol–water partition coefficient (Wildman–Crippen LogP) is 1.72. The van der Waals surface area contributed by atoms with Gasteiger partial charge in [0.05, 0.1) is 11.1 Å². The number of benzene rings is 2. The molecular weight excluding hydrogens is 384 g/mol. The van der Waals surface area contributed by atoms with E-state index < -0.39 is 29.7 Å². The first kappa shape index (κ1) is 19.8. The van der Waals surface area contributed by atoms with Crippen LogP contribution in [-0.2, 0) is 16.1 Å². The normalized spacial score (nSPS) is 19.5. The summed E-state index contributed by atoms with van der Waals surface area (Å²) in [6.07, 6.45) is 0.239. The summed E-state index contributed by atoms with van der Waals surface area (Å²) in [6.45, 7) is 2.38. The molecule has 4 rings (SSSR count). The van der Waals surface area contributed by atoms with E-state index >= 15 is 0 Å². The Kier molecular flexibility index (Phi) is 5.09. The fourth-order valence-corrected chi connectivity index (χ4v) is 3.74. The molecular formula is C22H22N4O4. The minimum Gasteiger partial charge on any atom is -0.381 e. The van der Waals surface area contributed by atoms with Gasteiger partial charge in [-0.2, -0.15) is 0 Å². The molecule has 0 spiro atoms. The van der Waals surface area contributed by atoms with E-state index in [1.165, 1.54) is 0 Å². The summed E-state index contributed by atoms with van der Waals surface area (Å²) in [5.41, 5.74) is 9.18. The van der Waals surface area contributed by atoms with E-state index in [1.54, 1.807) is 18.2 Å². The molecule has 0 saturated carbocycles. The van der Waals surface area contributed by atoms with Crippen molar-refractivity contribution in [2.24, 2.45) is 5.73 Å². The Bertz CT molecular complexity index is 1050. The van der Waals surface area contributed by atoms with Crippen LogP contribution >= 0.6 is 0 Å². The molecule has 8 heteroatoms. The van der Waals surface area contributed by atoms with Gasteiger partial charge in [0.2, 0.25) is 11.8 Å².